The summed E-state index contributed by atoms with van der Waals surface area (Å²) in [6.45, 7) is 3.84. The molecule has 0 unspecified atom stereocenters. The molecule has 0 radical (unpaired) electrons. The number of anilines is 1. The molecular formula is C18H22BrNO3. The fourth-order valence-electron chi connectivity index (χ4n) is 2.50. The Balaban J connectivity index is 2.05. The van der Waals surface area contributed by atoms with Crippen molar-refractivity contribution in [3.05, 3.63) is 40.9 Å². The van der Waals surface area contributed by atoms with Crippen molar-refractivity contribution in [3.63, 3.8) is 0 Å². The van der Waals surface area contributed by atoms with Gasteiger partial charge in [-0.05, 0) is 50.5 Å². The highest BCUT2D eigenvalue weighted by atomic mass is 79.9. The Kier molecular flexibility index (Phi) is 6.39. The van der Waals surface area contributed by atoms with E-state index in [9.17, 15) is 9.59 Å². The van der Waals surface area contributed by atoms with E-state index in [0.29, 0.717) is 12.8 Å². The number of amides is 1. The number of ether oxygens (including phenoxy) is 1. The third-order valence-electron chi connectivity index (χ3n) is 4.08. The third-order valence-corrected chi connectivity index (χ3v) is 4.60. The molecule has 4 nitrogen and oxygen atoms in total. The van der Waals surface area contributed by atoms with Gasteiger partial charge in [0.25, 0.3) is 0 Å². The number of esters is 1. The largest absolute Gasteiger partial charge is 0.462 e. The number of rotatable bonds is 5. The molecule has 1 aromatic rings. The highest BCUT2D eigenvalue weighted by molar-refractivity contribution is 9.10. The number of halogens is 1. The van der Waals surface area contributed by atoms with Crippen LogP contribution in [0.25, 0.3) is 0 Å². The van der Waals surface area contributed by atoms with Crippen molar-refractivity contribution < 1.29 is 14.3 Å². The van der Waals surface area contributed by atoms with Crippen LogP contribution in [0.15, 0.2) is 40.9 Å². The predicted octanol–water partition coefficient (Wildman–Crippen LogP) is 4.31. The fourth-order valence-corrected chi connectivity index (χ4v) is 2.77. The van der Waals surface area contributed by atoms with Gasteiger partial charge in [0.1, 0.15) is 0 Å². The summed E-state index contributed by atoms with van der Waals surface area (Å²) in [5.74, 6) is -1.22. The first-order valence-electron chi connectivity index (χ1n) is 7.93. The van der Waals surface area contributed by atoms with Crippen molar-refractivity contribution in [3.8, 4) is 0 Å². The molecule has 0 saturated carbocycles. The monoisotopic (exact) mass is 379 g/mol. The smallest absolute Gasteiger partial charge is 0.310 e. The molecular weight excluding hydrogens is 358 g/mol. The maximum atomic E-state index is 12.6. The second-order valence-corrected chi connectivity index (χ2v) is 6.72. The van der Waals surface area contributed by atoms with Crippen LogP contribution >= 0.6 is 15.9 Å². The Morgan fingerprint density at radius 1 is 1.22 bits per heavy atom. The molecule has 1 N–H and O–H groups in total. The molecule has 0 fully saturated rings. The molecule has 5 heteroatoms. The Hall–Kier alpha value is -1.62. The fraction of sp³-hybridized carbons (Fsp3) is 0.444. The maximum Gasteiger partial charge on any atom is 0.310 e. The van der Waals surface area contributed by atoms with Crippen LogP contribution in [0.3, 0.4) is 0 Å². The van der Waals surface area contributed by atoms with E-state index in [1.807, 2.05) is 50.3 Å². The van der Waals surface area contributed by atoms with Gasteiger partial charge in [0, 0.05) is 10.2 Å². The first-order chi connectivity index (χ1) is 11.0. The van der Waals surface area contributed by atoms with Crippen LogP contribution in [0.5, 0.6) is 0 Å². The molecule has 3 atom stereocenters. The molecule has 1 aromatic carbocycles. The van der Waals surface area contributed by atoms with E-state index >= 15 is 0 Å². The average Bonchev–Trinajstić information content (AvgIpc) is 2.56. The number of benzene rings is 1. The van der Waals surface area contributed by atoms with Gasteiger partial charge in [0.2, 0.25) is 5.91 Å². The first kappa shape index (κ1) is 17.7. The summed E-state index contributed by atoms with van der Waals surface area (Å²) < 4.78 is 6.38. The highest BCUT2D eigenvalue weighted by Crippen LogP contribution is 2.29. The van der Waals surface area contributed by atoms with Gasteiger partial charge in [-0.2, -0.15) is 0 Å². The van der Waals surface area contributed by atoms with E-state index in [0.717, 1.165) is 16.6 Å². The lowest BCUT2D eigenvalue weighted by Crippen LogP contribution is -2.36. The normalized spacial score (nSPS) is 21.5. The van der Waals surface area contributed by atoms with Crippen LogP contribution < -0.4 is 5.32 Å². The maximum absolute atomic E-state index is 12.6. The minimum atomic E-state index is -0.413. The summed E-state index contributed by atoms with van der Waals surface area (Å²) in [6.07, 6.45) is 5.66. The SMILES string of the molecule is CC[C@H](C)OC(=O)[C@@H]1CC=CC[C@@H]1C(=O)Nc1ccc(Br)cc1. The lowest BCUT2D eigenvalue weighted by Gasteiger charge is -2.27. The van der Waals surface area contributed by atoms with Crippen molar-refractivity contribution in [2.75, 3.05) is 5.32 Å². The third kappa shape index (κ3) is 4.93. The number of hydrogen-bond acceptors (Lipinski definition) is 3. The summed E-state index contributed by atoms with van der Waals surface area (Å²) in [6, 6.07) is 7.39. The Morgan fingerprint density at radius 3 is 2.43 bits per heavy atom. The van der Waals surface area contributed by atoms with Gasteiger partial charge >= 0.3 is 5.97 Å². The van der Waals surface area contributed by atoms with Crippen LogP contribution in [-0.4, -0.2) is 18.0 Å². The summed E-state index contributed by atoms with van der Waals surface area (Å²) in [5, 5.41) is 2.89. The van der Waals surface area contributed by atoms with Gasteiger partial charge in [-0.1, -0.05) is 35.0 Å². The lowest BCUT2D eigenvalue weighted by molar-refractivity contribution is -0.157. The number of nitrogens with one attached hydrogen (secondary N) is 1. The van der Waals surface area contributed by atoms with Gasteiger partial charge in [-0.3, -0.25) is 9.59 Å². The van der Waals surface area contributed by atoms with E-state index in [1.165, 1.54) is 0 Å². The molecule has 124 valence electrons. The van der Waals surface area contributed by atoms with E-state index in [-0.39, 0.29) is 23.9 Å². The van der Waals surface area contributed by atoms with Crippen molar-refractivity contribution in [2.45, 2.75) is 39.2 Å². The van der Waals surface area contributed by atoms with Crippen LogP contribution in [0, 0.1) is 11.8 Å². The number of carbonyl (C=O) groups is 2. The van der Waals surface area contributed by atoms with Gasteiger partial charge in [0.05, 0.1) is 17.9 Å². The second-order valence-electron chi connectivity index (χ2n) is 5.81. The zero-order valence-electron chi connectivity index (χ0n) is 13.4. The molecule has 2 rings (SSSR count). The average molecular weight is 380 g/mol. The molecule has 0 heterocycles. The Labute approximate surface area is 145 Å². The molecule has 0 aliphatic heterocycles. The van der Waals surface area contributed by atoms with Gasteiger partial charge in [0.15, 0.2) is 0 Å². The number of carbonyl (C=O) groups excluding carboxylic acids is 2. The van der Waals surface area contributed by atoms with Crippen molar-refractivity contribution in [1.29, 1.82) is 0 Å². The van der Waals surface area contributed by atoms with E-state index in [1.54, 1.807) is 0 Å². The van der Waals surface area contributed by atoms with Crippen LogP contribution in [0.2, 0.25) is 0 Å². The molecule has 0 aromatic heterocycles. The quantitative estimate of drug-likeness (QED) is 0.612. The van der Waals surface area contributed by atoms with Crippen LogP contribution in [0.1, 0.15) is 33.1 Å². The zero-order valence-corrected chi connectivity index (χ0v) is 15.0. The molecule has 0 saturated heterocycles. The summed E-state index contributed by atoms with van der Waals surface area (Å²) >= 11 is 3.36. The van der Waals surface area contributed by atoms with E-state index < -0.39 is 5.92 Å². The molecule has 0 bridgehead atoms. The first-order valence-corrected chi connectivity index (χ1v) is 8.72. The standard InChI is InChI=1S/C18H22BrNO3/c1-3-12(2)23-18(22)16-7-5-4-6-15(16)17(21)20-14-10-8-13(19)9-11-14/h4-5,8-12,15-16H,3,6-7H2,1-2H3,(H,20,21)/t12-,15-,16+/m0/s1. The van der Waals surface area contributed by atoms with Crippen molar-refractivity contribution in [1.82, 2.24) is 0 Å². The predicted molar refractivity (Wildman–Crippen MR) is 94.0 cm³/mol. The lowest BCUT2D eigenvalue weighted by atomic mass is 9.82. The highest BCUT2D eigenvalue weighted by Gasteiger charge is 2.35. The molecule has 1 aliphatic carbocycles. The van der Waals surface area contributed by atoms with Gasteiger partial charge in [-0.25, -0.2) is 0 Å². The molecule has 0 spiro atoms. The van der Waals surface area contributed by atoms with E-state index in [4.69, 9.17) is 4.74 Å². The zero-order chi connectivity index (χ0) is 16.8. The minimum absolute atomic E-state index is 0.122. The van der Waals surface area contributed by atoms with Crippen LogP contribution in [-0.2, 0) is 14.3 Å². The van der Waals surface area contributed by atoms with Gasteiger partial charge in [-0.15, -0.1) is 0 Å². The van der Waals surface area contributed by atoms with Gasteiger partial charge < -0.3 is 10.1 Å². The topological polar surface area (TPSA) is 55.4 Å². The van der Waals surface area contributed by atoms with Crippen molar-refractivity contribution in [2.24, 2.45) is 11.8 Å². The summed E-state index contributed by atoms with van der Waals surface area (Å²) in [7, 11) is 0. The summed E-state index contributed by atoms with van der Waals surface area (Å²) in [5.41, 5.74) is 0.724. The molecule has 1 aliphatic rings. The number of allylic oxidation sites excluding steroid dienone is 2. The second kappa shape index (κ2) is 8.29. The minimum Gasteiger partial charge on any atom is -0.462 e. The Morgan fingerprint density at radius 2 is 1.83 bits per heavy atom. The van der Waals surface area contributed by atoms with E-state index in [2.05, 4.69) is 21.2 Å². The summed E-state index contributed by atoms with van der Waals surface area (Å²) in [4.78, 5) is 24.9. The Bertz CT molecular complexity index is 582. The van der Waals surface area contributed by atoms with Crippen LogP contribution in [0.4, 0.5) is 5.69 Å². The molecule has 1 amide bonds. The van der Waals surface area contributed by atoms with Crippen molar-refractivity contribution >= 4 is 33.5 Å². The molecule has 23 heavy (non-hydrogen) atoms. The number of hydrogen-bond donors (Lipinski definition) is 1.